The fourth-order valence-electron chi connectivity index (χ4n) is 14.3. The van der Waals surface area contributed by atoms with E-state index in [1.165, 1.54) is 105 Å². The van der Waals surface area contributed by atoms with Gasteiger partial charge in [0.1, 0.15) is 0 Å². The van der Waals surface area contributed by atoms with Crippen molar-refractivity contribution in [3.63, 3.8) is 0 Å². The van der Waals surface area contributed by atoms with E-state index in [-0.39, 0.29) is 0 Å². The third-order valence-corrected chi connectivity index (χ3v) is 17.8. The van der Waals surface area contributed by atoms with Crippen LogP contribution >= 0.6 is 0 Å². The summed E-state index contributed by atoms with van der Waals surface area (Å²) in [6, 6.07) is 114. The fourth-order valence-corrected chi connectivity index (χ4v) is 14.3. The van der Waals surface area contributed by atoms with Crippen molar-refractivity contribution < 1.29 is 0 Å². The van der Waals surface area contributed by atoms with E-state index in [2.05, 4.69) is 323 Å². The van der Waals surface area contributed by atoms with E-state index < -0.39 is 5.41 Å². The first-order valence-electron chi connectivity index (χ1n) is 28.4. The highest BCUT2D eigenvalue weighted by molar-refractivity contribution is 6.17. The number of aromatic nitrogens is 2. The second-order valence-corrected chi connectivity index (χ2v) is 21.9. The van der Waals surface area contributed by atoms with Crippen molar-refractivity contribution in [1.29, 1.82) is 0 Å². The van der Waals surface area contributed by atoms with Crippen LogP contribution in [0, 0.1) is 0 Å². The molecule has 0 bridgehead atoms. The van der Waals surface area contributed by atoms with Gasteiger partial charge in [0.05, 0.1) is 33.2 Å². The number of fused-ring (bicyclic) bond motifs is 16. The molecule has 0 fully saturated rings. The van der Waals surface area contributed by atoms with Crippen molar-refractivity contribution in [3.05, 3.63) is 332 Å². The summed E-state index contributed by atoms with van der Waals surface area (Å²) in [5.74, 6) is 0. The monoisotopic (exact) mass is 1040 g/mol. The Kier molecular flexibility index (Phi) is 10.2. The number of hydrogen-bond acceptors (Lipinski definition) is 1. The molecule has 17 rings (SSSR count). The Labute approximate surface area is 476 Å². The molecule has 1 spiro atoms. The molecule has 13 aromatic carbocycles. The maximum absolute atomic E-state index is 2.48. The van der Waals surface area contributed by atoms with E-state index in [0.717, 1.165) is 45.1 Å². The molecule has 2 heterocycles. The van der Waals surface area contributed by atoms with Gasteiger partial charge in [0.15, 0.2) is 0 Å². The normalized spacial score (nSPS) is 12.7. The molecule has 0 saturated heterocycles. The summed E-state index contributed by atoms with van der Waals surface area (Å²) in [6.07, 6.45) is 0. The van der Waals surface area contributed by atoms with Gasteiger partial charge in [-0.15, -0.1) is 0 Å². The van der Waals surface area contributed by atoms with Crippen LogP contribution < -0.4 is 4.90 Å². The Morgan fingerprint density at radius 1 is 0.244 bits per heavy atom. The van der Waals surface area contributed by atoms with Crippen LogP contribution in [0.1, 0.15) is 22.3 Å². The number of benzene rings is 13. The smallest absolute Gasteiger partial charge is 0.0725 e. The zero-order valence-electron chi connectivity index (χ0n) is 44.8. The molecule has 0 radical (unpaired) electrons. The predicted octanol–water partition coefficient (Wildman–Crippen LogP) is 20.7. The Morgan fingerprint density at radius 2 is 0.634 bits per heavy atom. The largest absolute Gasteiger partial charge is 0.310 e. The van der Waals surface area contributed by atoms with Gasteiger partial charge in [-0.3, -0.25) is 0 Å². The number of para-hydroxylation sites is 5. The Morgan fingerprint density at radius 3 is 1.22 bits per heavy atom. The summed E-state index contributed by atoms with van der Waals surface area (Å²) in [5, 5.41) is 4.98. The van der Waals surface area contributed by atoms with Crippen molar-refractivity contribution in [3.8, 4) is 67.0 Å². The molecule has 15 aromatic rings. The van der Waals surface area contributed by atoms with Crippen LogP contribution in [-0.4, -0.2) is 9.13 Å². The molecule has 0 saturated carbocycles. The van der Waals surface area contributed by atoms with Crippen molar-refractivity contribution in [2.45, 2.75) is 5.41 Å². The quantitative estimate of drug-likeness (QED) is 0.148. The van der Waals surface area contributed by atoms with Crippen molar-refractivity contribution in [2.75, 3.05) is 4.90 Å². The predicted molar refractivity (Wildman–Crippen MR) is 342 cm³/mol. The van der Waals surface area contributed by atoms with Gasteiger partial charge in [0, 0.05) is 49.9 Å². The molecule has 3 nitrogen and oxygen atoms in total. The summed E-state index contributed by atoms with van der Waals surface area (Å²) in [7, 11) is 0. The van der Waals surface area contributed by atoms with Crippen LogP contribution in [-0.2, 0) is 5.41 Å². The van der Waals surface area contributed by atoms with Gasteiger partial charge >= 0.3 is 0 Å². The number of anilines is 3. The Hall–Kier alpha value is -10.7. The van der Waals surface area contributed by atoms with Gasteiger partial charge in [-0.2, -0.15) is 0 Å². The summed E-state index contributed by atoms with van der Waals surface area (Å²) in [4.78, 5) is 2.45. The highest BCUT2D eigenvalue weighted by atomic mass is 15.1. The lowest BCUT2D eigenvalue weighted by Crippen LogP contribution is -2.25. The van der Waals surface area contributed by atoms with Crippen LogP contribution in [0.2, 0.25) is 0 Å². The highest BCUT2D eigenvalue weighted by Gasteiger charge is 2.51. The molecule has 0 aliphatic heterocycles. The lowest BCUT2D eigenvalue weighted by atomic mass is 9.70. The minimum absolute atomic E-state index is 0.410. The third kappa shape index (κ3) is 6.71. The second-order valence-electron chi connectivity index (χ2n) is 21.9. The molecular weight excluding hydrogens is 991 g/mol. The zero-order chi connectivity index (χ0) is 53.9. The van der Waals surface area contributed by atoms with Gasteiger partial charge in [0.25, 0.3) is 0 Å². The van der Waals surface area contributed by atoms with E-state index in [1.54, 1.807) is 0 Å². The van der Waals surface area contributed by atoms with Gasteiger partial charge in [-0.05, 0) is 157 Å². The fraction of sp³-hybridized carbons (Fsp3) is 0.0127. The molecule has 3 heteroatoms. The zero-order valence-corrected chi connectivity index (χ0v) is 44.8. The van der Waals surface area contributed by atoms with Crippen molar-refractivity contribution in [1.82, 2.24) is 9.13 Å². The molecule has 2 aromatic heterocycles. The van der Waals surface area contributed by atoms with Gasteiger partial charge < -0.3 is 14.0 Å². The van der Waals surface area contributed by atoms with E-state index in [1.807, 2.05) is 0 Å². The SMILES string of the molecule is c1ccc(-n2c3ccccc3c3c(-c4ccccc4N(c4ccc(-c5ccc(-n6c7ccccc7c7ccccc76)cc5)cc4)c4ccc(-c5ccc6c(c5)C5(c7ccccc7-c7ccccc75)c5ccccc5-6)cc4)cccc32)cc1. The topological polar surface area (TPSA) is 13.1 Å². The van der Waals surface area contributed by atoms with Crippen LogP contribution in [0.3, 0.4) is 0 Å². The number of hydrogen-bond donors (Lipinski definition) is 0. The first-order chi connectivity index (χ1) is 40.7. The van der Waals surface area contributed by atoms with Crippen molar-refractivity contribution >= 4 is 60.7 Å². The van der Waals surface area contributed by atoms with Gasteiger partial charge in [-0.1, -0.05) is 224 Å². The maximum atomic E-state index is 2.48. The van der Waals surface area contributed by atoms with E-state index in [4.69, 9.17) is 0 Å². The van der Waals surface area contributed by atoms with Crippen LogP contribution in [0.5, 0.6) is 0 Å². The van der Waals surface area contributed by atoms with Crippen LogP contribution in [0.4, 0.5) is 17.1 Å². The average Bonchev–Trinajstić information content (AvgIpc) is 3.19. The first-order valence-corrected chi connectivity index (χ1v) is 28.4. The molecular formula is C79H51N3. The van der Waals surface area contributed by atoms with E-state index in [9.17, 15) is 0 Å². The minimum atomic E-state index is -0.410. The molecule has 0 amide bonds. The summed E-state index contributed by atoms with van der Waals surface area (Å²) >= 11 is 0. The van der Waals surface area contributed by atoms with Crippen LogP contribution in [0.25, 0.3) is 111 Å². The summed E-state index contributed by atoms with van der Waals surface area (Å²) in [5.41, 5.74) is 27.5. The second kappa shape index (κ2) is 18.2. The van der Waals surface area contributed by atoms with Crippen LogP contribution in [0.15, 0.2) is 309 Å². The summed E-state index contributed by atoms with van der Waals surface area (Å²) in [6.45, 7) is 0. The van der Waals surface area contributed by atoms with Gasteiger partial charge in [-0.25, -0.2) is 0 Å². The first kappa shape index (κ1) is 46.2. The number of rotatable bonds is 8. The summed E-state index contributed by atoms with van der Waals surface area (Å²) < 4.78 is 4.79. The molecule has 2 aliphatic rings. The Bertz CT molecular complexity index is 4910. The van der Waals surface area contributed by atoms with Gasteiger partial charge in [0.2, 0.25) is 0 Å². The van der Waals surface area contributed by atoms with E-state index in [0.29, 0.717) is 0 Å². The average molecular weight is 1040 g/mol. The molecule has 2 aliphatic carbocycles. The minimum Gasteiger partial charge on any atom is -0.310 e. The Balaban J connectivity index is 0.801. The molecule has 382 valence electrons. The molecule has 0 atom stereocenters. The molecule has 82 heavy (non-hydrogen) atoms. The van der Waals surface area contributed by atoms with E-state index >= 15 is 0 Å². The maximum Gasteiger partial charge on any atom is 0.0725 e. The molecule has 0 N–H and O–H groups in total. The third-order valence-electron chi connectivity index (χ3n) is 17.8. The molecule has 0 unspecified atom stereocenters. The number of nitrogens with zero attached hydrogens (tertiary/aromatic N) is 3. The highest BCUT2D eigenvalue weighted by Crippen LogP contribution is 2.63. The van der Waals surface area contributed by atoms with Crippen molar-refractivity contribution in [2.24, 2.45) is 0 Å². The lowest BCUT2D eigenvalue weighted by molar-refractivity contribution is 0.794. The lowest BCUT2D eigenvalue weighted by Gasteiger charge is -2.30. The standard InChI is InChI=1S/C79H51N3/c1-2-19-56(20-3-1)82-76-35-17-10-27-68(76)78-67(28-18-36-77(78)82)66-26-9-14-32-73(66)80(57-44-37-52(38-45-57)53-39-48-59(49-40-53)81-74-33-15-7-24-64(74)65-25-8-16-34-75(65)81)58-46-41-54(42-47-58)55-43-50-63-62-23-6-13-31-71(62)79(72(63)51-55)69-29-11-4-21-60(69)61-22-5-12-30-70(61)79/h1-51H.